The summed E-state index contributed by atoms with van der Waals surface area (Å²) in [5.74, 6) is 0. The summed E-state index contributed by atoms with van der Waals surface area (Å²) in [6.07, 6.45) is 1.61. The molecular weight excluding hydrogens is 264 g/mol. The first-order valence-electron chi connectivity index (χ1n) is 5.73. The van der Waals surface area contributed by atoms with Crippen LogP contribution in [0.5, 0.6) is 0 Å². The van der Waals surface area contributed by atoms with Crippen molar-refractivity contribution in [1.29, 1.82) is 0 Å². The fourth-order valence-electron chi connectivity index (χ4n) is 1.73. The Morgan fingerprint density at radius 2 is 2.11 bits per heavy atom. The smallest absolute Gasteiger partial charge is 0.242 e. The number of sulfonamides is 1. The first-order chi connectivity index (χ1) is 8.90. The highest BCUT2D eigenvalue weighted by molar-refractivity contribution is 7.89. The molecule has 0 saturated carbocycles. The number of nitrogens with one attached hydrogen (secondary N) is 1. The van der Waals surface area contributed by atoms with Crippen molar-refractivity contribution in [3.63, 3.8) is 0 Å². The lowest BCUT2D eigenvalue weighted by Crippen LogP contribution is -2.25. The van der Waals surface area contributed by atoms with Crippen LogP contribution in [0.3, 0.4) is 0 Å². The van der Waals surface area contributed by atoms with Gasteiger partial charge in [0.2, 0.25) is 10.0 Å². The van der Waals surface area contributed by atoms with Crippen molar-refractivity contribution in [1.82, 2.24) is 14.5 Å². The van der Waals surface area contributed by atoms with Crippen LogP contribution in [0.15, 0.2) is 35.4 Å². The average Bonchev–Trinajstić information content (AvgIpc) is 2.72. The van der Waals surface area contributed by atoms with Gasteiger partial charge in [0.05, 0.1) is 17.9 Å². The normalized spacial score (nSPS) is 11.7. The van der Waals surface area contributed by atoms with Crippen LogP contribution in [0.1, 0.15) is 11.3 Å². The van der Waals surface area contributed by atoms with Gasteiger partial charge in [-0.1, -0.05) is 6.07 Å². The summed E-state index contributed by atoms with van der Waals surface area (Å²) in [5.41, 5.74) is 7.69. The summed E-state index contributed by atoms with van der Waals surface area (Å²) in [5, 5.41) is 3.98. The van der Waals surface area contributed by atoms with E-state index in [1.54, 1.807) is 36.1 Å². The Morgan fingerprint density at radius 3 is 2.68 bits per heavy atom. The van der Waals surface area contributed by atoms with Gasteiger partial charge >= 0.3 is 0 Å². The molecule has 0 aliphatic heterocycles. The molecule has 0 spiro atoms. The van der Waals surface area contributed by atoms with Crippen LogP contribution in [0.2, 0.25) is 0 Å². The highest BCUT2D eigenvalue weighted by Crippen LogP contribution is 2.19. The topological polar surface area (TPSA) is 90.0 Å². The summed E-state index contributed by atoms with van der Waals surface area (Å²) in [4.78, 5) is 0.0975. The predicted octanol–water partition coefficient (Wildman–Crippen LogP) is 0.789. The molecule has 0 radical (unpaired) electrons. The number of nitrogens with two attached hydrogens (primary N) is 1. The van der Waals surface area contributed by atoms with Crippen molar-refractivity contribution in [2.24, 2.45) is 7.05 Å². The number of hydrogen-bond acceptors (Lipinski definition) is 4. The van der Waals surface area contributed by atoms with E-state index in [1.807, 2.05) is 6.92 Å². The van der Waals surface area contributed by atoms with E-state index in [0.717, 1.165) is 11.3 Å². The van der Waals surface area contributed by atoms with E-state index < -0.39 is 10.0 Å². The van der Waals surface area contributed by atoms with E-state index in [-0.39, 0.29) is 17.1 Å². The first kappa shape index (κ1) is 13.6. The number of anilines is 1. The van der Waals surface area contributed by atoms with E-state index >= 15 is 0 Å². The van der Waals surface area contributed by atoms with Gasteiger partial charge in [0, 0.05) is 13.2 Å². The van der Waals surface area contributed by atoms with Gasteiger partial charge in [0.1, 0.15) is 4.90 Å². The summed E-state index contributed by atoms with van der Waals surface area (Å²) in [6, 6.07) is 6.62. The second-order valence-electron chi connectivity index (χ2n) is 4.31. The van der Waals surface area contributed by atoms with Gasteiger partial charge < -0.3 is 5.73 Å². The van der Waals surface area contributed by atoms with Crippen molar-refractivity contribution in [3.8, 4) is 0 Å². The Kier molecular flexibility index (Phi) is 3.59. The van der Waals surface area contributed by atoms with E-state index in [4.69, 9.17) is 5.73 Å². The van der Waals surface area contributed by atoms with Crippen LogP contribution in [0, 0.1) is 6.92 Å². The number of aryl methyl sites for hydroxylation is 2. The zero-order valence-corrected chi connectivity index (χ0v) is 11.6. The molecule has 19 heavy (non-hydrogen) atoms. The molecule has 2 aromatic rings. The fourth-order valence-corrected chi connectivity index (χ4v) is 2.84. The molecule has 3 N–H and O–H groups in total. The minimum Gasteiger partial charge on any atom is -0.398 e. The Hall–Kier alpha value is -1.86. The molecule has 0 unspecified atom stereocenters. The molecule has 1 aromatic carbocycles. The van der Waals surface area contributed by atoms with Crippen LogP contribution in [0.4, 0.5) is 5.69 Å². The number of benzene rings is 1. The minimum atomic E-state index is -3.62. The highest BCUT2D eigenvalue weighted by Gasteiger charge is 2.17. The number of aromatic nitrogens is 2. The van der Waals surface area contributed by atoms with Gasteiger partial charge in [-0.2, -0.15) is 5.10 Å². The Labute approximate surface area is 112 Å². The third-order valence-corrected chi connectivity index (χ3v) is 4.30. The first-order valence-corrected chi connectivity index (χ1v) is 7.21. The molecular formula is C12H16N4O2S. The molecule has 0 aliphatic rings. The zero-order chi connectivity index (χ0) is 14.0. The van der Waals surface area contributed by atoms with Crippen molar-refractivity contribution < 1.29 is 8.42 Å². The van der Waals surface area contributed by atoms with Crippen LogP contribution < -0.4 is 10.5 Å². The SMILES string of the molecule is Cc1ccc(S(=O)(=O)NCc2ccnn2C)c(N)c1. The van der Waals surface area contributed by atoms with E-state index in [9.17, 15) is 8.42 Å². The van der Waals surface area contributed by atoms with Gasteiger partial charge in [0.15, 0.2) is 0 Å². The van der Waals surface area contributed by atoms with Crippen LogP contribution in [-0.4, -0.2) is 18.2 Å². The van der Waals surface area contributed by atoms with Gasteiger partial charge in [-0.15, -0.1) is 0 Å². The fraction of sp³-hybridized carbons (Fsp3) is 0.250. The van der Waals surface area contributed by atoms with Gasteiger partial charge in [0.25, 0.3) is 0 Å². The molecule has 1 aromatic heterocycles. The number of nitrogen functional groups attached to an aromatic ring is 1. The van der Waals surface area contributed by atoms with E-state index in [1.165, 1.54) is 6.07 Å². The number of hydrogen-bond donors (Lipinski definition) is 2. The predicted molar refractivity (Wildman–Crippen MR) is 72.8 cm³/mol. The standard InChI is InChI=1S/C12H16N4O2S/c1-9-3-4-12(11(13)7-9)19(17,18)15-8-10-5-6-14-16(10)2/h3-7,15H,8,13H2,1-2H3. The molecule has 102 valence electrons. The second kappa shape index (κ2) is 5.02. The summed E-state index contributed by atoms with van der Waals surface area (Å²) >= 11 is 0. The lowest BCUT2D eigenvalue weighted by atomic mass is 10.2. The minimum absolute atomic E-state index is 0.0975. The quantitative estimate of drug-likeness (QED) is 0.810. The third kappa shape index (κ3) is 2.94. The monoisotopic (exact) mass is 280 g/mol. The van der Waals surface area contributed by atoms with Crippen LogP contribution >= 0.6 is 0 Å². The molecule has 1 heterocycles. The summed E-state index contributed by atoms with van der Waals surface area (Å²) in [7, 11) is -1.86. The molecule has 0 bridgehead atoms. The highest BCUT2D eigenvalue weighted by atomic mass is 32.2. The molecule has 0 aliphatic carbocycles. The zero-order valence-electron chi connectivity index (χ0n) is 10.8. The maximum atomic E-state index is 12.2. The van der Waals surface area contributed by atoms with Crippen LogP contribution in [0.25, 0.3) is 0 Å². The molecule has 0 atom stereocenters. The van der Waals surface area contributed by atoms with Gasteiger partial charge in [-0.25, -0.2) is 13.1 Å². The van der Waals surface area contributed by atoms with Gasteiger partial charge in [-0.05, 0) is 30.7 Å². The average molecular weight is 280 g/mol. The maximum Gasteiger partial charge on any atom is 0.242 e. The van der Waals surface area contributed by atoms with Crippen molar-refractivity contribution in [3.05, 3.63) is 41.7 Å². The number of rotatable bonds is 4. The lowest BCUT2D eigenvalue weighted by molar-refractivity contribution is 0.577. The Morgan fingerprint density at radius 1 is 1.37 bits per heavy atom. The Balaban J connectivity index is 2.21. The van der Waals surface area contributed by atoms with E-state index in [0.29, 0.717) is 0 Å². The summed E-state index contributed by atoms with van der Waals surface area (Å²) < 4.78 is 28.4. The molecule has 7 heteroatoms. The second-order valence-corrected chi connectivity index (χ2v) is 6.05. The van der Waals surface area contributed by atoms with Crippen molar-refractivity contribution in [2.75, 3.05) is 5.73 Å². The molecule has 6 nitrogen and oxygen atoms in total. The molecule has 0 amide bonds. The molecule has 2 rings (SSSR count). The molecule has 0 saturated heterocycles. The van der Waals surface area contributed by atoms with Gasteiger partial charge in [-0.3, -0.25) is 4.68 Å². The van der Waals surface area contributed by atoms with Crippen LogP contribution in [-0.2, 0) is 23.6 Å². The van der Waals surface area contributed by atoms with E-state index in [2.05, 4.69) is 9.82 Å². The third-order valence-electron chi connectivity index (χ3n) is 2.82. The largest absolute Gasteiger partial charge is 0.398 e. The Bertz CT molecular complexity index is 692. The number of nitrogens with zero attached hydrogens (tertiary/aromatic N) is 2. The van der Waals surface area contributed by atoms with Crippen molar-refractivity contribution >= 4 is 15.7 Å². The molecule has 0 fully saturated rings. The van der Waals surface area contributed by atoms with Crippen molar-refractivity contribution in [2.45, 2.75) is 18.4 Å². The summed E-state index contributed by atoms with van der Waals surface area (Å²) in [6.45, 7) is 2.03. The lowest BCUT2D eigenvalue weighted by Gasteiger charge is -2.09. The maximum absolute atomic E-state index is 12.2.